The van der Waals surface area contributed by atoms with Crippen molar-refractivity contribution in [3.8, 4) is 11.3 Å². The van der Waals surface area contributed by atoms with Crippen molar-refractivity contribution in [1.29, 1.82) is 0 Å². The number of nitrogens with zero attached hydrogens (tertiary/aromatic N) is 2. The van der Waals surface area contributed by atoms with E-state index in [1.165, 1.54) is 4.31 Å². The highest BCUT2D eigenvalue weighted by Gasteiger charge is 2.27. The Hall–Kier alpha value is -2.75. The summed E-state index contributed by atoms with van der Waals surface area (Å²) in [5.74, 6) is -0.209. The fraction of sp³-hybridized carbons (Fsp3) is 0.304. The molecule has 0 radical (unpaired) electrons. The molecular formula is C23H26N4O3S2. The zero-order valence-corrected chi connectivity index (χ0v) is 19.7. The van der Waals surface area contributed by atoms with Gasteiger partial charge < -0.3 is 10.6 Å². The lowest BCUT2D eigenvalue weighted by Crippen LogP contribution is -2.32. The fourth-order valence-corrected chi connectivity index (χ4v) is 5.73. The lowest BCUT2D eigenvalue weighted by atomic mass is 10.1. The number of benzene rings is 2. The number of aryl methyl sites for hydroxylation is 1. The molecule has 1 saturated heterocycles. The molecule has 2 N–H and O–H groups in total. The van der Waals surface area contributed by atoms with E-state index in [0.29, 0.717) is 18.8 Å². The van der Waals surface area contributed by atoms with Crippen LogP contribution in [0.15, 0.2) is 58.8 Å². The number of nitrogens with one attached hydrogen (secondary N) is 2. The van der Waals surface area contributed by atoms with E-state index in [1.54, 1.807) is 42.5 Å². The Balaban J connectivity index is 1.35. The van der Waals surface area contributed by atoms with Crippen molar-refractivity contribution in [2.45, 2.75) is 37.6 Å². The number of aromatic nitrogens is 1. The number of hydrogen-bond donors (Lipinski definition) is 2. The van der Waals surface area contributed by atoms with Crippen LogP contribution in [-0.4, -0.2) is 42.7 Å². The van der Waals surface area contributed by atoms with Crippen LogP contribution < -0.4 is 10.6 Å². The molecule has 2 heterocycles. The number of hydrogen-bond acceptors (Lipinski definition) is 6. The predicted octanol–water partition coefficient (Wildman–Crippen LogP) is 4.34. The van der Waals surface area contributed by atoms with Gasteiger partial charge >= 0.3 is 0 Å². The summed E-state index contributed by atoms with van der Waals surface area (Å²) in [5.41, 5.74) is 3.36. The summed E-state index contributed by atoms with van der Waals surface area (Å²) in [6.45, 7) is 4.88. The van der Waals surface area contributed by atoms with E-state index >= 15 is 0 Å². The molecule has 0 saturated carbocycles. The highest BCUT2D eigenvalue weighted by atomic mass is 32.2. The van der Waals surface area contributed by atoms with Crippen LogP contribution in [0.1, 0.15) is 24.8 Å². The lowest BCUT2D eigenvalue weighted by molar-refractivity contribution is -0.116. The monoisotopic (exact) mass is 470 g/mol. The van der Waals surface area contributed by atoms with E-state index in [2.05, 4.69) is 15.6 Å². The van der Waals surface area contributed by atoms with Crippen LogP contribution >= 0.6 is 11.3 Å². The highest BCUT2D eigenvalue weighted by Crippen LogP contribution is 2.24. The molecular weight excluding hydrogens is 444 g/mol. The summed E-state index contributed by atoms with van der Waals surface area (Å²) in [4.78, 5) is 17.3. The first kappa shape index (κ1) is 22.4. The van der Waals surface area contributed by atoms with Gasteiger partial charge in [-0.15, -0.1) is 11.3 Å². The SMILES string of the molecule is Cc1nc(-c2ccc(NC(C)C(=O)Nc3ccc(S(=O)(=O)N4CCCC4)cc3)cc2)cs1. The van der Waals surface area contributed by atoms with E-state index in [1.807, 2.05) is 36.6 Å². The predicted molar refractivity (Wildman–Crippen MR) is 128 cm³/mol. The van der Waals surface area contributed by atoms with Crippen LogP contribution in [-0.2, 0) is 14.8 Å². The quantitative estimate of drug-likeness (QED) is 0.536. The second-order valence-electron chi connectivity index (χ2n) is 7.82. The maximum Gasteiger partial charge on any atom is 0.246 e. The molecule has 1 aromatic heterocycles. The zero-order valence-electron chi connectivity index (χ0n) is 18.0. The molecule has 1 fully saturated rings. The number of anilines is 2. The summed E-state index contributed by atoms with van der Waals surface area (Å²) >= 11 is 1.61. The second-order valence-corrected chi connectivity index (χ2v) is 10.8. The molecule has 1 aliphatic rings. The van der Waals surface area contributed by atoms with Crippen molar-refractivity contribution in [2.75, 3.05) is 23.7 Å². The number of sulfonamides is 1. The van der Waals surface area contributed by atoms with Crippen LogP contribution in [0.4, 0.5) is 11.4 Å². The molecule has 1 atom stereocenters. The molecule has 9 heteroatoms. The Bertz CT molecular complexity index is 1180. The minimum atomic E-state index is -3.46. The van der Waals surface area contributed by atoms with Gasteiger partial charge in [0.1, 0.15) is 6.04 Å². The smallest absolute Gasteiger partial charge is 0.246 e. The van der Waals surface area contributed by atoms with Gasteiger partial charge in [-0.05, 0) is 63.1 Å². The van der Waals surface area contributed by atoms with Gasteiger partial charge in [0.25, 0.3) is 0 Å². The van der Waals surface area contributed by atoms with Crippen LogP contribution in [0.2, 0.25) is 0 Å². The standard InChI is InChI=1S/C23H26N4O3S2/c1-16(24-19-7-5-18(6-8-19)22-15-31-17(2)25-22)23(28)26-20-9-11-21(12-10-20)32(29,30)27-13-3-4-14-27/h5-12,15-16,24H,3-4,13-14H2,1-2H3,(H,26,28). The molecule has 0 spiro atoms. The van der Waals surface area contributed by atoms with E-state index in [0.717, 1.165) is 34.8 Å². The van der Waals surface area contributed by atoms with E-state index in [9.17, 15) is 13.2 Å². The van der Waals surface area contributed by atoms with Crippen molar-refractivity contribution in [3.63, 3.8) is 0 Å². The Kier molecular flexibility index (Phi) is 6.59. The molecule has 4 rings (SSSR count). The van der Waals surface area contributed by atoms with Crippen molar-refractivity contribution < 1.29 is 13.2 Å². The topological polar surface area (TPSA) is 91.4 Å². The van der Waals surface area contributed by atoms with E-state index < -0.39 is 16.1 Å². The average Bonchev–Trinajstić information content (AvgIpc) is 3.47. The molecule has 1 aliphatic heterocycles. The number of thiazole rings is 1. The maximum atomic E-state index is 12.6. The molecule has 1 amide bonds. The normalized spacial score (nSPS) is 15.4. The third kappa shape index (κ3) is 5.01. The Morgan fingerprint density at radius 2 is 1.66 bits per heavy atom. The number of amides is 1. The van der Waals surface area contributed by atoms with Crippen molar-refractivity contribution in [3.05, 3.63) is 58.9 Å². The first-order valence-corrected chi connectivity index (χ1v) is 12.8. The summed E-state index contributed by atoms with van der Waals surface area (Å²) in [7, 11) is -3.46. The summed E-state index contributed by atoms with van der Waals surface area (Å²) in [5, 5.41) is 9.06. The highest BCUT2D eigenvalue weighted by molar-refractivity contribution is 7.89. The minimum absolute atomic E-state index is 0.209. The Morgan fingerprint density at radius 1 is 1.03 bits per heavy atom. The summed E-state index contributed by atoms with van der Waals surface area (Å²) in [6.07, 6.45) is 1.79. The maximum absolute atomic E-state index is 12.6. The number of carbonyl (C=O) groups excluding carboxylic acids is 1. The number of carbonyl (C=O) groups is 1. The third-order valence-electron chi connectivity index (χ3n) is 5.40. The van der Waals surface area contributed by atoms with Gasteiger partial charge in [0.2, 0.25) is 15.9 Å². The molecule has 2 aromatic carbocycles. The molecule has 0 aliphatic carbocycles. The largest absolute Gasteiger partial charge is 0.374 e. The van der Waals surface area contributed by atoms with Crippen LogP contribution in [0.5, 0.6) is 0 Å². The zero-order chi connectivity index (χ0) is 22.7. The molecule has 32 heavy (non-hydrogen) atoms. The van der Waals surface area contributed by atoms with Gasteiger partial charge in [-0.2, -0.15) is 4.31 Å². The number of rotatable bonds is 7. The van der Waals surface area contributed by atoms with Crippen LogP contribution in [0.25, 0.3) is 11.3 Å². The van der Waals surface area contributed by atoms with E-state index in [4.69, 9.17) is 0 Å². The van der Waals surface area contributed by atoms with Gasteiger partial charge in [0.05, 0.1) is 15.6 Å². The first-order chi connectivity index (χ1) is 15.3. The van der Waals surface area contributed by atoms with Gasteiger partial charge in [0.15, 0.2) is 0 Å². The molecule has 0 bridgehead atoms. The van der Waals surface area contributed by atoms with Crippen molar-refractivity contribution in [1.82, 2.24) is 9.29 Å². The van der Waals surface area contributed by atoms with Gasteiger partial charge in [-0.3, -0.25) is 4.79 Å². The van der Waals surface area contributed by atoms with Gasteiger partial charge in [-0.1, -0.05) is 12.1 Å². The van der Waals surface area contributed by atoms with Gasteiger partial charge in [0, 0.05) is 35.4 Å². The average molecular weight is 471 g/mol. The lowest BCUT2D eigenvalue weighted by Gasteiger charge is -2.17. The van der Waals surface area contributed by atoms with Crippen LogP contribution in [0.3, 0.4) is 0 Å². The molecule has 1 unspecified atom stereocenters. The molecule has 3 aromatic rings. The minimum Gasteiger partial charge on any atom is -0.374 e. The van der Waals surface area contributed by atoms with Crippen molar-refractivity contribution >= 4 is 38.6 Å². The second kappa shape index (κ2) is 9.40. The van der Waals surface area contributed by atoms with E-state index in [-0.39, 0.29) is 10.8 Å². The Labute approximate surface area is 192 Å². The molecule has 168 valence electrons. The summed E-state index contributed by atoms with van der Waals surface area (Å²) in [6, 6.07) is 13.6. The third-order valence-corrected chi connectivity index (χ3v) is 8.09. The Morgan fingerprint density at radius 3 is 2.25 bits per heavy atom. The molecule has 7 nitrogen and oxygen atoms in total. The van der Waals surface area contributed by atoms with Gasteiger partial charge in [-0.25, -0.2) is 13.4 Å². The van der Waals surface area contributed by atoms with Crippen LogP contribution in [0, 0.1) is 6.92 Å². The first-order valence-electron chi connectivity index (χ1n) is 10.5. The summed E-state index contributed by atoms with van der Waals surface area (Å²) < 4.78 is 26.7. The van der Waals surface area contributed by atoms with Crippen molar-refractivity contribution in [2.24, 2.45) is 0 Å². The fourth-order valence-electron chi connectivity index (χ4n) is 3.59.